The average molecular weight is 413 g/mol. The lowest BCUT2D eigenvalue weighted by atomic mass is 10.1. The zero-order valence-corrected chi connectivity index (χ0v) is 14.1. The van der Waals surface area contributed by atoms with Crippen LogP contribution in [-0.2, 0) is 10.0 Å². The molecule has 1 fully saturated rings. The second-order valence-corrected chi connectivity index (χ2v) is 8.13. The van der Waals surface area contributed by atoms with Crippen molar-refractivity contribution in [3.63, 3.8) is 0 Å². The van der Waals surface area contributed by atoms with E-state index in [-0.39, 0.29) is 23.5 Å². The molecule has 0 aromatic heterocycles. The summed E-state index contributed by atoms with van der Waals surface area (Å²) in [4.78, 5) is 0.213. The molecule has 4 nitrogen and oxygen atoms in total. The monoisotopic (exact) mass is 411 g/mol. The third-order valence-corrected chi connectivity index (χ3v) is 6.36. The molecule has 1 aliphatic rings. The topological polar surface area (TPSA) is 66.4 Å². The van der Waals surface area contributed by atoms with Crippen LogP contribution in [0.3, 0.4) is 0 Å². The summed E-state index contributed by atoms with van der Waals surface area (Å²) in [5, 5.41) is 9.25. The van der Waals surface area contributed by atoms with Crippen molar-refractivity contribution in [2.24, 2.45) is 5.92 Å². The van der Waals surface area contributed by atoms with Crippen molar-refractivity contribution < 1.29 is 13.5 Å². The second kappa shape index (κ2) is 6.22. The first kappa shape index (κ1) is 15.4. The standard InChI is InChI=1S/C12H15Br2NO3S/c13-9-4-5-10(14)12(6-9)19(17,18)15-11-3-1-2-8(11)7-16/h4-6,8,11,15-16H,1-3,7H2. The summed E-state index contributed by atoms with van der Waals surface area (Å²) in [7, 11) is -3.58. The number of hydrogen-bond donors (Lipinski definition) is 2. The van der Waals surface area contributed by atoms with E-state index in [0.29, 0.717) is 8.95 Å². The van der Waals surface area contributed by atoms with E-state index in [0.717, 1.165) is 19.3 Å². The van der Waals surface area contributed by atoms with Gasteiger partial charge in [0.25, 0.3) is 0 Å². The Balaban J connectivity index is 2.25. The molecule has 19 heavy (non-hydrogen) atoms. The Hall–Kier alpha value is 0.0500. The van der Waals surface area contributed by atoms with E-state index >= 15 is 0 Å². The molecule has 0 heterocycles. The summed E-state index contributed by atoms with van der Waals surface area (Å²) in [6.07, 6.45) is 2.58. The highest BCUT2D eigenvalue weighted by Crippen LogP contribution is 2.29. The number of nitrogens with one attached hydrogen (secondary N) is 1. The van der Waals surface area contributed by atoms with Crippen molar-refractivity contribution in [2.75, 3.05) is 6.61 Å². The fourth-order valence-corrected chi connectivity index (χ4v) is 5.20. The molecule has 0 spiro atoms. The van der Waals surface area contributed by atoms with Crippen LogP contribution < -0.4 is 4.72 Å². The molecule has 2 N–H and O–H groups in total. The number of rotatable bonds is 4. The number of sulfonamides is 1. The minimum absolute atomic E-state index is 0.0145. The maximum atomic E-state index is 12.4. The SMILES string of the molecule is O=S(=O)(NC1CCCC1CO)c1cc(Br)ccc1Br. The largest absolute Gasteiger partial charge is 0.396 e. The molecule has 106 valence electrons. The molecule has 2 rings (SSSR count). The summed E-state index contributed by atoms with van der Waals surface area (Å²) in [6, 6.07) is 4.85. The van der Waals surface area contributed by atoms with E-state index in [4.69, 9.17) is 0 Å². The lowest BCUT2D eigenvalue weighted by molar-refractivity contribution is 0.213. The highest BCUT2D eigenvalue weighted by Gasteiger charge is 2.31. The van der Waals surface area contributed by atoms with Crippen molar-refractivity contribution in [1.82, 2.24) is 4.72 Å². The van der Waals surface area contributed by atoms with Crippen LogP contribution in [0.15, 0.2) is 32.0 Å². The molecule has 1 aromatic rings. The molecule has 2 unspecified atom stereocenters. The molecule has 1 saturated carbocycles. The second-order valence-electron chi connectivity index (χ2n) is 4.68. The first-order valence-electron chi connectivity index (χ1n) is 6.02. The predicted molar refractivity (Wildman–Crippen MR) is 80.4 cm³/mol. The Morgan fingerprint density at radius 3 is 2.74 bits per heavy atom. The molecule has 7 heteroatoms. The van der Waals surface area contributed by atoms with Crippen molar-refractivity contribution in [3.8, 4) is 0 Å². The highest BCUT2D eigenvalue weighted by atomic mass is 79.9. The Labute approximate surface area is 129 Å². The summed E-state index contributed by atoms with van der Waals surface area (Å²) in [5.74, 6) is 0.0145. The van der Waals surface area contributed by atoms with Gasteiger partial charge in [-0.25, -0.2) is 13.1 Å². The van der Waals surface area contributed by atoms with Crippen LogP contribution in [0, 0.1) is 5.92 Å². The summed E-state index contributed by atoms with van der Waals surface area (Å²) >= 11 is 6.53. The summed E-state index contributed by atoms with van der Waals surface area (Å²) < 4.78 is 28.7. The molecule has 0 aliphatic heterocycles. The molecular formula is C12H15Br2NO3S. The van der Waals surface area contributed by atoms with Crippen LogP contribution in [0.4, 0.5) is 0 Å². The number of benzene rings is 1. The third kappa shape index (κ3) is 3.58. The molecule has 1 aromatic carbocycles. The Kier molecular flexibility index (Phi) is 5.05. The molecular weight excluding hydrogens is 398 g/mol. The Morgan fingerprint density at radius 2 is 2.05 bits per heavy atom. The zero-order valence-electron chi connectivity index (χ0n) is 10.1. The fraction of sp³-hybridized carbons (Fsp3) is 0.500. The lowest BCUT2D eigenvalue weighted by Gasteiger charge is -2.19. The Morgan fingerprint density at radius 1 is 1.32 bits per heavy atom. The Bertz CT molecular complexity index is 562. The fourth-order valence-electron chi connectivity index (χ4n) is 2.36. The zero-order chi connectivity index (χ0) is 14.0. The normalized spacial score (nSPS) is 23.7. The van der Waals surface area contributed by atoms with Gasteiger partial charge in [-0.3, -0.25) is 0 Å². The van der Waals surface area contributed by atoms with E-state index in [2.05, 4.69) is 36.6 Å². The van der Waals surface area contributed by atoms with Gasteiger partial charge in [-0.2, -0.15) is 0 Å². The van der Waals surface area contributed by atoms with Gasteiger partial charge in [-0.15, -0.1) is 0 Å². The molecule has 0 bridgehead atoms. The molecule has 0 amide bonds. The van der Waals surface area contributed by atoms with Gasteiger partial charge in [-0.05, 0) is 52.9 Å². The smallest absolute Gasteiger partial charge is 0.241 e. The van der Waals surface area contributed by atoms with Crippen molar-refractivity contribution >= 4 is 41.9 Å². The van der Waals surface area contributed by atoms with Crippen LogP contribution >= 0.6 is 31.9 Å². The maximum absolute atomic E-state index is 12.4. The van der Waals surface area contributed by atoms with E-state index in [1.54, 1.807) is 18.2 Å². The van der Waals surface area contributed by atoms with E-state index in [1.165, 1.54) is 0 Å². The van der Waals surface area contributed by atoms with Gasteiger partial charge in [0.05, 0.1) is 4.90 Å². The van der Waals surface area contributed by atoms with Gasteiger partial charge in [0.1, 0.15) is 0 Å². The third-order valence-electron chi connectivity index (χ3n) is 3.38. The van der Waals surface area contributed by atoms with Gasteiger partial charge in [-0.1, -0.05) is 22.4 Å². The summed E-state index contributed by atoms with van der Waals surface area (Å²) in [5.41, 5.74) is 0. The van der Waals surface area contributed by atoms with Gasteiger partial charge < -0.3 is 5.11 Å². The van der Waals surface area contributed by atoms with Crippen LogP contribution in [0.25, 0.3) is 0 Å². The van der Waals surface area contributed by atoms with Crippen LogP contribution in [0.5, 0.6) is 0 Å². The van der Waals surface area contributed by atoms with E-state index < -0.39 is 10.0 Å². The quantitative estimate of drug-likeness (QED) is 0.798. The van der Waals surface area contributed by atoms with Crippen LogP contribution in [0.1, 0.15) is 19.3 Å². The van der Waals surface area contributed by atoms with Gasteiger partial charge in [0.15, 0.2) is 0 Å². The van der Waals surface area contributed by atoms with Crippen molar-refractivity contribution in [1.29, 1.82) is 0 Å². The van der Waals surface area contributed by atoms with Crippen LogP contribution in [0.2, 0.25) is 0 Å². The van der Waals surface area contributed by atoms with Crippen molar-refractivity contribution in [2.45, 2.75) is 30.2 Å². The first-order chi connectivity index (χ1) is 8.94. The number of halogens is 2. The van der Waals surface area contributed by atoms with Crippen LogP contribution in [-0.4, -0.2) is 26.2 Å². The molecule has 2 atom stereocenters. The number of aliphatic hydroxyl groups excluding tert-OH is 1. The minimum atomic E-state index is -3.58. The average Bonchev–Trinajstić information content (AvgIpc) is 2.78. The van der Waals surface area contributed by atoms with Gasteiger partial charge in [0.2, 0.25) is 10.0 Å². The number of hydrogen-bond acceptors (Lipinski definition) is 3. The molecule has 1 aliphatic carbocycles. The van der Waals surface area contributed by atoms with Gasteiger partial charge in [0, 0.05) is 21.6 Å². The molecule has 0 radical (unpaired) electrons. The maximum Gasteiger partial charge on any atom is 0.241 e. The van der Waals surface area contributed by atoms with Crippen molar-refractivity contribution in [3.05, 3.63) is 27.1 Å². The molecule has 0 saturated heterocycles. The van der Waals surface area contributed by atoms with E-state index in [1.807, 2.05) is 0 Å². The van der Waals surface area contributed by atoms with Gasteiger partial charge >= 0.3 is 0 Å². The summed E-state index contributed by atoms with van der Waals surface area (Å²) in [6.45, 7) is 0.0207. The number of aliphatic hydroxyl groups is 1. The first-order valence-corrected chi connectivity index (χ1v) is 9.09. The van der Waals surface area contributed by atoms with E-state index in [9.17, 15) is 13.5 Å². The minimum Gasteiger partial charge on any atom is -0.396 e. The lowest BCUT2D eigenvalue weighted by Crippen LogP contribution is -2.38. The highest BCUT2D eigenvalue weighted by molar-refractivity contribution is 9.11. The predicted octanol–water partition coefficient (Wildman–Crippen LogP) is 2.65.